The van der Waals surface area contributed by atoms with Crippen LogP contribution in [0.25, 0.3) is 0 Å². The van der Waals surface area contributed by atoms with Crippen LogP contribution in [0.15, 0.2) is 48.5 Å². The Morgan fingerprint density at radius 2 is 1.96 bits per heavy atom. The number of phenolic OH excluding ortho intramolecular Hbond substituents is 1. The number of nitro benzene ring substituents is 1. The van der Waals surface area contributed by atoms with Gasteiger partial charge in [-0.2, -0.15) is 0 Å². The van der Waals surface area contributed by atoms with Crippen molar-refractivity contribution >= 4 is 5.69 Å². The number of nitro groups is 1. The highest BCUT2D eigenvalue weighted by Gasteiger charge is 2.17. The van der Waals surface area contributed by atoms with E-state index in [1.54, 1.807) is 24.3 Å². The summed E-state index contributed by atoms with van der Waals surface area (Å²) in [6.07, 6.45) is 0.0669. The standard InChI is InChI=1S/C18H22N2O4/c1-2-10-19(12-15-6-3-4-9-17(15)21)13-18(22)14-7-5-8-16(11-14)20(23)24/h3-9,11,18,21-22H,2,10,12-13H2,1H3. The first-order chi connectivity index (χ1) is 11.5. The largest absolute Gasteiger partial charge is 0.508 e. The number of phenols is 1. The molecule has 2 N–H and O–H groups in total. The number of hydrogen-bond donors (Lipinski definition) is 2. The Morgan fingerprint density at radius 3 is 2.62 bits per heavy atom. The fraction of sp³-hybridized carbons (Fsp3) is 0.333. The predicted molar refractivity (Wildman–Crippen MR) is 91.7 cm³/mol. The maximum atomic E-state index is 10.9. The van der Waals surface area contributed by atoms with Crippen LogP contribution in [0.3, 0.4) is 0 Å². The van der Waals surface area contributed by atoms with Crippen LogP contribution in [0.4, 0.5) is 5.69 Å². The maximum Gasteiger partial charge on any atom is 0.269 e. The fourth-order valence-electron chi connectivity index (χ4n) is 2.63. The van der Waals surface area contributed by atoms with Crippen molar-refractivity contribution in [2.24, 2.45) is 0 Å². The molecule has 0 fully saturated rings. The summed E-state index contributed by atoms with van der Waals surface area (Å²) < 4.78 is 0. The summed E-state index contributed by atoms with van der Waals surface area (Å²) in [6, 6.07) is 13.2. The lowest BCUT2D eigenvalue weighted by molar-refractivity contribution is -0.385. The molecule has 0 aliphatic rings. The SMILES string of the molecule is CCCN(Cc1ccccc1O)CC(O)c1cccc([N+](=O)[O-])c1. The van der Waals surface area contributed by atoms with Crippen LogP contribution in [0.2, 0.25) is 0 Å². The predicted octanol–water partition coefficient (Wildman–Crippen LogP) is 3.25. The number of para-hydroxylation sites is 1. The van der Waals surface area contributed by atoms with Gasteiger partial charge in [0.2, 0.25) is 0 Å². The molecule has 0 aliphatic carbocycles. The van der Waals surface area contributed by atoms with E-state index in [-0.39, 0.29) is 11.4 Å². The molecule has 2 rings (SSSR count). The van der Waals surface area contributed by atoms with Crippen LogP contribution in [-0.2, 0) is 6.54 Å². The number of aliphatic hydroxyl groups is 1. The van der Waals surface area contributed by atoms with Gasteiger partial charge in [-0.1, -0.05) is 37.3 Å². The summed E-state index contributed by atoms with van der Waals surface area (Å²) in [4.78, 5) is 12.4. The Hall–Kier alpha value is -2.44. The number of nitrogens with zero attached hydrogens (tertiary/aromatic N) is 2. The number of aromatic hydroxyl groups is 1. The second-order valence-electron chi connectivity index (χ2n) is 5.73. The minimum absolute atomic E-state index is 0.0331. The lowest BCUT2D eigenvalue weighted by Gasteiger charge is -2.25. The molecule has 128 valence electrons. The maximum absolute atomic E-state index is 10.9. The van der Waals surface area contributed by atoms with E-state index < -0.39 is 11.0 Å². The van der Waals surface area contributed by atoms with Crippen molar-refractivity contribution in [1.29, 1.82) is 0 Å². The molecule has 1 unspecified atom stereocenters. The van der Waals surface area contributed by atoms with Crippen molar-refractivity contribution in [3.05, 3.63) is 69.8 Å². The number of aliphatic hydroxyl groups excluding tert-OH is 1. The summed E-state index contributed by atoms with van der Waals surface area (Å²) in [6.45, 7) is 3.63. The molecule has 6 nitrogen and oxygen atoms in total. The summed E-state index contributed by atoms with van der Waals surface area (Å²) in [5.41, 5.74) is 1.27. The molecule has 0 saturated heterocycles. The zero-order chi connectivity index (χ0) is 17.5. The highest BCUT2D eigenvalue weighted by atomic mass is 16.6. The molecule has 0 aromatic heterocycles. The molecule has 0 amide bonds. The first-order valence-corrected chi connectivity index (χ1v) is 7.93. The average Bonchev–Trinajstić information content (AvgIpc) is 2.57. The van der Waals surface area contributed by atoms with E-state index >= 15 is 0 Å². The van der Waals surface area contributed by atoms with E-state index in [1.165, 1.54) is 12.1 Å². The molecule has 1 atom stereocenters. The summed E-state index contributed by atoms with van der Waals surface area (Å²) in [5.74, 6) is 0.225. The van der Waals surface area contributed by atoms with Crippen molar-refractivity contribution < 1.29 is 15.1 Å². The summed E-state index contributed by atoms with van der Waals surface area (Å²) in [7, 11) is 0. The van der Waals surface area contributed by atoms with E-state index in [0.29, 0.717) is 18.7 Å². The van der Waals surface area contributed by atoms with Gasteiger partial charge in [0.05, 0.1) is 11.0 Å². The zero-order valence-corrected chi connectivity index (χ0v) is 13.6. The van der Waals surface area contributed by atoms with E-state index in [0.717, 1.165) is 18.5 Å². The van der Waals surface area contributed by atoms with Gasteiger partial charge in [-0.25, -0.2) is 0 Å². The van der Waals surface area contributed by atoms with Crippen molar-refractivity contribution in [1.82, 2.24) is 4.90 Å². The first kappa shape index (κ1) is 17.9. The zero-order valence-electron chi connectivity index (χ0n) is 13.6. The van der Waals surface area contributed by atoms with Gasteiger partial charge in [0.25, 0.3) is 5.69 Å². The minimum atomic E-state index is -0.831. The molecule has 0 radical (unpaired) electrons. The molecule has 0 aliphatic heterocycles. The van der Waals surface area contributed by atoms with E-state index in [1.807, 2.05) is 24.0 Å². The second kappa shape index (κ2) is 8.42. The summed E-state index contributed by atoms with van der Waals surface area (Å²) >= 11 is 0. The topological polar surface area (TPSA) is 86.8 Å². The third kappa shape index (κ3) is 4.78. The van der Waals surface area contributed by atoms with Gasteiger partial charge in [-0.05, 0) is 24.6 Å². The van der Waals surface area contributed by atoms with E-state index in [2.05, 4.69) is 0 Å². The molecule has 0 saturated carbocycles. The second-order valence-corrected chi connectivity index (χ2v) is 5.73. The Labute approximate surface area is 141 Å². The molecule has 2 aromatic rings. The van der Waals surface area contributed by atoms with E-state index in [9.17, 15) is 20.3 Å². The Balaban J connectivity index is 2.10. The van der Waals surface area contributed by atoms with Crippen LogP contribution < -0.4 is 0 Å². The molecule has 0 spiro atoms. The molecular weight excluding hydrogens is 308 g/mol. The van der Waals surface area contributed by atoms with Gasteiger partial charge in [-0.15, -0.1) is 0 Å². The normalized spacial score (nSPS) is 12.3. The lowest BCUT2D eigenvalue weighted by Crippen LogP contribution is -2.29. The fourth-order valence-corrected chi connectivity index (χ4v) is 2.63. The van der Waals surface area contributed by atoms with Crippen LogP contribution in [0.1, 0.15) is 30.6 Å². The molecule has 0 heterocycles. The Bertz CT molecular complexity index is 690. The third-order valence-electron chi connectivity index (χ3n) is 3.82. The number of non-ortho nitro benzene ring substituents is 1. The van der Waals surface area contributed by atoms with Gasteiger partial charge in [0, 0.05) is 30.8 Å². The quantitative estimate of drug-likeness (QED) is 0.573. The van der Waals surface area contributed by atoms with Crippen molar-refractivity contribution in [3.63, 3.8) is 0 Å². The lowest BCUT2D eigenvalue weighted by atomic mass is 10.1. The van der Waals surface area contributed by atoms with Crippen molar-refractivity contribution in [2.45, 2.75) is 26.0 Å². The van der Waals surface area contributed by atoms with Gasteiger partial charge in [-0.3, -0.25) is 15.0 Å². The number of rotatable bonds is 8. The molecule has 24 heavy (non-hydrogen) atoms. The highest BCUT2D eigenvalue weighted by Crippen LogP contribution is 2.23. The van der Waals surface area contributed by atoms with Gasteiger partial charge in [0.1, 0.15) is 5.75 Å². The number of hydrogen-bond acceptors (Lipinski definition) is 5. The summed E-state index contributed by atoms with van der Waals surface area (Å²) in [5, 5.41) is 31.2. The smallest absolute Gasteiger partial charge is 0.269 e. The molecule has 6 heteroatoms. The van der Waals surface area contributed by atoms with Gasteiger partial charge >= 0.3 is 0 Å². The average molecular weight is 330 g/mol. The monoisotopic (exact) mass is 330 g/mol. The third-order valence-corrected chi connectivity index (χ3v) is 3.82. The van der Waals surface area contributed by atoms with Crippen molar-refractivity contribution in [3.8, 4) is 5.75 Å². The van der Waals surface area contributed by atoms with Crippen molar-refractivity contribution in [2.75, 3.05) is 13.1 Å². The molecular formula is C18H22N2O4. The molecule has 2 aromatic carbocycles. The minimum Gasteiger partial charge on any atom is -0.508 e. The molecule has 0 bridgehead atoms. The van der Waals surface area contributed by atoms with Gasteiger partial charge in [0.15, 0.2) is 0 Å². The van der Waals surface area contributed by atoms with Crippen LogP contribution >= 0.6 is 0 Å². The van der Waals surface area contributed by atoms with Gasteiger partial charge < -0.3 is 10.2 Å². The highest BCUT2D eigenvalue weighted by molar-refractivity contribution is 5.35. The van der Waals surface area contributed by atoms with Crippen LogP contribution in [0.5, 0.6) is 5.75 Å². The first-order valence-electron chi connectivity index (χ1n) is 7.93. The number of benzene rings is 2. The van der Waals surface area contributed by atoms with Crippen LogP contribution in [-0.4, -0.2) is 33.1 Å². The van der Waals surface area contributed by atoms with Crippen LogP contribution in [0, 0.1) is 10.1 Å². The Kier molecular flexibility index (Phi) is 6.28. The Morgan fingerprint density at radius 1 is 1.21 bits per heavy atom. The van der Waals surface area contributed by atoms with E-state index in [4.69, 9.17) is 0 Å².